The molecule has 0 aromatic rings. The normalized spacial score (nSPS) is 13.1. The van der Waals surface area contributed by atoms with Crippen LogP contribution in [0.2, 0.25) is 0 Å². The first kappa shape index (κ1) is 83.8. The predicted molar refractivity (Wildman–Crippen MR) is 357 cm³/mol. The Balaban J connectivity index is 6.71. The number of unbranched alkanes of at least 4 members (excludes halogenated alkanes) is 28. The molecule has 0 fully saturated rings. The smallest absolute Gasteiger partial charge is 0.410 e. The number of hydrogen-bond acceptors (Lipinski definition) is 13. The Morgan fingerprint density at radius 3 is 1.06 bits per heavy atom. The van der Waals surface area contributed by atoms with E-state index in [1.165, 1.54) is 156 Å². The molecule has 516 valence electrons. The Kier molecular flexibility index (Phi) is 45.4. The Hall–Kier alpha value is -4.19. The molecule has 0 heterocycles. The second-order valence-corrected chi connectivity index (χ2v) is 29.0. The Morgan fingerprint density at radius 1 is 0.386 bits per heavy atom. The molecular weight excluding hydrogens is 1110 g/mol. The van der Waals surface area contributed by atoms with Crippen LogP contribution >= 0.6 is 0 Å². The molecule has 7 N–H and O–H groups in total. The van der Waals surface area contributed by atoms with Crippen molar-refractivity contribution in [3.63, 3.8) is 0 Å². The molecule has 0 aliphatic carbocycles. The molecule has 0 saturated carbocycles. The summed E-state index contributed by atoms with van der Waals surface area (Å²) in [4.78, 5) is 101. The van der Waals surface area contributed by atoms with E-state index in [1.54, 1.807) is 83.1 Å². The molecule has 0 aliphatic rings. The van der Waals surface area contributed by atoms with Crippen molar-refractivity contribution in [3.05, 3.63) is 0 Å². The topological polar surface area (TPSA) is 256 Å². The van der Waals surface area contributed by atoms with Gasteiger partial charge in [-0.15, -0.1) is 0 Å². The monoisotopic (exact) mass is 1250 g/mol. The number of ether oxygens (including phenoxy) is 4. The molecule has 0 aliphatic heterocycles. The molecule has 0 spiro atoms. The molecule has 2 unspecified atom stereocenters. The van der Waals surface area contributed by atoms with Crippen molar-refractivity contribution in [2.24, 2.45) is 17.2 Å². The Morgan fingerprint density at radius 2 is 0.716 bits per heavy atom. The van der Waals surface area contributed by atoms with Gasteiger partial charge in [0.25, 0.3) is 0 Å². The van der Waals surface area contributed by atoms with E-state index in [1.807, 2.05) is 0 Å². The van der Waals surface area contributed by atoms with E-state index < -0.39 is 88.9 Å². The van der Waals surface area contributed by atoms with E-state index in [0.717, 1.165) is 51.4 Å². The lowest BCUT2D eigenvalue weighted by atomic mass is 9.98. The summed E-state index contributed by atoms with van der Waals surface area (Å²) in [5, 5.41) is 2.81. The highest BCUT2D eigenvalue weighted by Gasteiger charge is 2.36. The SMILES string of the molecule is CCCCCCCCCCCCCCCCCC(CCCCCCCCCCCCCCCCC)N(CC(N)=O)C(=O)CNC(=O)[C@H](CCCN(CCC(N)C(=O)OC(C)(C)C)C(=O)OC(C)(C)C)N(CCC(N)C(=O)OC(C)(C)C)C(=O)OC(C)(C)C. The summed E-state index contributed by atoms with van der Waals surface area (Å²) in [6, 6.07) is -3.84. The summed E-state index contributed by atoms with van der Waals surface area (Å²) >= 11 is 0. The first-order valence-electron chi connectivity index (χ1n) is 35.1. The van der Waals surface area contributed by atoms with Gasteiger partial charge in [-0.2, -0.15) is 0 Å². The van der Waals surface area contributed by atoms with Crippen molar-refractivity contribution < 1.29 is 52.5 Å². The third-order valence-electron chi connectivity index (χ3n) is 15.5. The zero-order valence-corrected chi connectivity index (χ0v) is 58.9. The molecule has 18 nitrogen and oxygen atoms in total. The van der Waals surface area contributed by atoms with Gasteiger partial charge in [-0.1, -0.05) is 206 Å². The molecular formula is C70H135N7O11. The fraction of sp³-hybridized carbons (Fsp3) is 0.900. The number of nitrogens with two attached hydrogens (primary N) is 3. The molecule has 5 amide bonds. The van der Waals surface area contributed by atoms with Gasteiger partial charge in [0.05, 0.1) is 13.1 Å². The van der Waals surface area contributed by atoms with Crippen molar-refractivity contribution in [1.29, 1.82) is 0 Å². The second kappa shape index (κ2) is 47.7. The summed E-state index contributed by atoms with van der Waals surface area (Å²) in [7, 11) is 0. The first-order chi connectivity index (χ1) is 41.3. The van der Waals surface area contributed by atoms with Crippen LogP contribution in [0.25, 0.3) is 0 Å². The minimum atomic E-state index is -1.32. The largest absolute Gasteiger partial charge is 0.459 e. The number of esters is 2. The molecule has 0 aromatic carbocycles. The van der Waals surface area contributed by atoms with E-state index in [2.05, 4.69) is 19.2 Å². The van der Waals surface area contributed by atoms with Crippen LogP contribution in [-0.2, 0) is 42.9 Å². The molecule has 3 atom stereocenters. The highest BCUT2D eigenvalue weighted by Crippen LogP contribution is 2.23. The second-order valence-electron chi connectivity index (χ2n) is 29.0. The van der Waals surface area contributed by atoms with Crippen LogP contribution in [0.4, 0.5) is 9.59 Å². The average Bonchev–Trinajstić information content (AvgIpc) is 3.15. The highest BCUT2D eigenvalue weighted by atomic mass is 16.6. The first-order valence-corrected chi connectivity index (χ1v) is 35.1. The zero-order valence-electron chi connectivity index (χ0n) is 58.9. The lowest BCUT2D eigenvalue weighted by Crippen LogP contribution is -2.55. The van der Waals surface area contributed by atoms with Crippen LogP contribution < -0.4 is 22.5 Å². The van der Waals surface area contributed by atoms with Crippen molar-refractivity contribution in [3.8, 4) is 0 Å². The minimum absolute atomic E-state index is 0.00310. The molecule has 0 radical (unpaired) electrons. The third kappa shape index (κ3) is 46.8. The molecule has 0 bridgehead atoms. The van der Waals surface area contributed by atoms with Crippen molar-refractivity contribution in [2.75, 3.05) is 32.7 Å². The number of nitrogens with zero attached hydrogens (tertiary/aromatic N) is 3. The van der Waals surface area contributed by atoms with Gasteiger partial charge in [0.2, 0.25) is 17.7 Å². The van der Waals surface area contributed by atoms with Gasteiger partial charge in [0.1, 0.15) is 40.5 Å². The fourth-order valence-corrected chi connectivity index (χ4v) is 10.7. The van der Waals surface area contributed by atoms with Gasteiger partial charge in [-0.3, -0.25) is 28.9 Å². The molecule has 0 rings (SSSR count). The maximum Gasteiger partial charge on any atom is 0.410 e. The predicted octanol–water partition coefficient (Wildman–Crippen LogP) is 15.0. The molecule has 88 heavy (non-hydrogen) atoms. The van der Waals surface area contributed by atoms with Gasteiger partial charge in [0.15, 0.2) is 0 Å². The summed E-state index contributed by atoms with van der Waals surface area (Å²) in [5.41, 5.74) is 15.0. The highest BCUT2D eigenvalue weighted by molar-refractivity contribution is 5.91. The zero-order chi connectivity index (χ0) is 66.6. The number of hydrogen-bond donors (Lipinski definition) is 4. The van der Waals surface area contributed by atoms with E-state index >= 15 is 0 Å². The van der Waals surface area contributed by atoms with Gasteiger partial charge >= 0.3 is 24.1 Å². The maximum atomic E-state index is 14.9. The third-order valence-corrected chi connectivity index (χ3v) is 15.5. The maximum absolute atomic E-state index is 14.9. The number of nitrogens with one attached hydrogen (secondary N) is 1. The van der Waals surface area contributed by atoms with Crippen LogP contribution in [0, 0.1) is 0 Å². The van der Waals surface area contributed by atoms with E-state index in [4.69, 9.17) is 36.1 Å². The standard InChI is InChI=1S/C70H135N7O11/c1-15-17-19-21-23-25-27-29-31-33-35-37-39-41-43-46-56(47-44-42-40-38-36-34-32-30-28-26-24-22-20-18-16-2)77(55-60(73)78)61(79)54-74-62(80)59(76(66(84)88-70(12,13)14)53-50-58(72)64(82)86-68(6,7)8)48-45-51-75(65(83)87-69(9,10)11)52-49-57(71)63(81)85-67(3,4)5/h56-59H,15-55,71-72H2,1-14H3,(H2,73,78)(H,74,80)/t57?,58?,59-/m0/s1. The van der Waals surface area contributed by atoms with Gasteiger partial charge < -0.3 is 51.3 Å². The number of amides is 5. The summed E-state index contributed by atoms with van der Waals surface area (Å²) in [5.74, 6) is -3.17. The lowest BCUT2D eigenvalue weighted by molar-refractivity contribution is -0.157. The molecule has 18 heteroatoms. The van der Waals surface area contributed by atoms with Crippen LogP contribution in [0.1, 0.15) is 328 Å². The Bertz CT molecular complexity index is 1860. The van der Waals surface area contributed by atoms with Gasteiger partial charge in [-0.05, 0) is 122 Å². The Labute approximate surface area is 536 Å². The number of rotatable bonds is 51. The number of carbonyl (C=O) groups excluding carboxylic acids is 7. The number of primary amides is 1. The van der Waals surface area contributed by atoms with Crippen LogP contribution in [-0.4, -0.2) is 136 Å². The van der Waals surface area contributed by atoms with Crippen molar-refractivity contribution >= 4 is 41.8 Å². The molecule has 0 saturated heterocycles. The fourth-order valence-electron chi connectivity index (χ4n) is 10.7. The van der Waals surface area contributed by atoms with Crippen molar-refractivity contribution in [2.45, 2.75) is 375 Å². The van der Waals surface area contributed by atoms with E-state index in [9.17, 15) is 33.6 Å². The summed E-state index contributed by atoms with van der Waals surface area (Å²) in [6.07, 6.45) is 36.8. The summed E-state index contributed by atoms with van der Waals surface area (Å²) in [6.45, 7) is 24.1. The quantitative estimate of drug-likeness (QED) is 0.0251. The number of carbonyl (C=O) groups is 7. The van der Waals surface area contributed by atoms with Gasteiger partial charge in [-0.25, -0.2) is 9.59 Å². The van der Waals surface area contributed by atoms with E-state index in [-0.39, 0.29) is 57.9 Å². The minimum Gasteiger partial charge on any atom is -0.459 e. The van der Waals surface area contributed by atoms with E-state index in [0.29, 0.717) is 12.8 Å². The van der Waals surface area contributed by atoms with Crippen molar-refractivity contribution in [1.82, 2.24) is 20.0 Å². The molecule has 0 aromatic heterocycles. The van der Waals surface area contributed by atoms with Crippen LogP contribution in [0.15, 0.2) is 0 Å². The van der Waals surface area contributed by atoms with Gasteiger partial charge in [0, 0.05) is 25.7 Å². The average molecular weight is 1250 g/mol. The lowest BCUT2D eigenvalue weighted by Gasteiger charge is -2.35. The summed E-state index contributed by atoms with van der Waals surface area (Å²) < 4.78 is 22.7. The van der Waals surface area contributed by atoms with Crippen LogP contribution in [0.5, 0.6) is 0 Å². The van der Waals surface area contributed by atoms with Crippen LogP contribution in [0.3, 0.4) is 0 Å².